The van der Waals surface area contributed by atoms with E-state index in [0.29, 0.717) is 18.4 Å². The zero-order valence-electron chi connectivity index (χ0n) is 11.0. The van der Waals surface area contributed by atoms with Crippen molar-refractivity contribution in [3.05, 3.63) is 5.28 Å². The third-order valence-corrected chi connectivity index (χ3v) is 4.88. The lowest BCUT2D eigenvalue weighted by Gasteiger charge is -2.33. The number of aromatic nitrogens is 3. The van der Waals surface area contributed by atoms with Gasteiger partial charge in [-0.15, -0.1) is 0 Å². The zero-order chi connectivity index (χ0) is 14.2. The summed E-state index contributed by atoms with van der Waals surface area (Å²) in [6.07, 6.45) is 0. The molecule has 1 saturated heterocycles. The van der Waals surface area contributed by atoms with Gasteiger partial charge in [-0.1, -0.05) is 0 Å². The van der Waals surface area contributed by atoms with Gasteiger partial charge in [0.1, 0.15) is 0 Å². The minimum absolute atomic E-state index is 0.105. The molecule has 0 saturated carbocycles. The van der Waals surface area contributed by atoms with Gasteiger partial charge in [0.05, 0.1) is 11.5 Å². The Morgan fingerprint density at radius 3 is 2.58 bits per heavy atom. The molecule has 1 aliphatic rings. The Labute approximate surface area is 117 Å². The number of rotatable bonds is 2. The quantitative estimate of drug-likeness (QED) is 0.773. The fourth-order valence-corrected chi connectivity index (χ4v) is 3.66. The maximum Gasteiger partial charge on any atom is 0.231 e. The number of hydrogen-bond donors (Lipinski definition) is 0. The largest absolute Gasteiger partial charge is 0.347 e. The summed E-state index contributed by atoms with van der Waals surface area (Å²) in [6, 6.07) is -0.174. The normalized spacial score (nSPS) is 22.3. The first kappa shape index (κ1) is 14.3. The van der Waals surface area contributed by atoms with Gasteiger partial charge in [0.2, 0.25) is 17.2 Å². The van der Waals surface area contributed by atoms with Crippen LogP contribution in [-0.2, 0) is 9.84 Å². The number of nitrogens with zero attached hydrogens (tertiary/aromatic N) is 5. The van der Waals surface area contributed by atoms with Crippen molar-refractivity contribution in [1.82, 2.24) is 15.0 Å². The molecule has 1 unspecified atom stereocenters. The van der Waals surface area contributed by atoms with Gasteiger partial charge in [0.25, 0.3) is 0 Å². The van der Waals surface area contributed by atoms with Crippen LogP contribution >= 0.6 is 11.6 Å². The van der Waals surface area contributed by atoms with Gasteiger partial charge in [-0.3, -0.25) is 0 Å². The van der Waals surface area contributed by atoms with E-state index in [0.717, 1.165) is 0 Å². The molecular formula is C10H16ClN5O2S. The molecule has 2 rings (SSSR count). The van der Waals surface area contributed by atoms with Crippen molar-refractivity contribution in [2.45, 2.75) is 13.0 Å². The lowest BCUT2D eigenvalue weighted by atomic mass is 10.3. The van der Waals surface area contributed by atoms with Crippen LogP contribution in [0.15, 0.2) is 0 Å². The van der Waals surface area contributed by atoms with E-state index in [4.69, 9.17) is 11.6 Å². The maximum absolute atomic E-state index is 11.6. The molecule has 0 N–H and O–H groups in total. The molecule has 19 heavy (non-hydrogen) atoms. The second-order valence-corrected chi connectivity index (χ2v) is 7.32. The monoisotopic (exact) mass is 305 g/mol. The van der Waals surface area contributed by atoms with Crippen LogP contribution in [0.2, 0.25) is 5.28 Å². The molecule has 1 aliphatic heterocycles. The molecule has 1 atom stereocenters. The maximum atomic E-state index is 11.6. The highest BCUT2D eigenvalue weighted by atomic mass is 35.5. The van der Waals surface area contributed by atoms with Crippen LogP contribution in [0, 0.1) is 0 Å². The van der Waals surface area contributed by atoms with Crippen molar-refractivity contribution < 1.29 is 8.42 Å². The molecule has 1 aromatic heterocycles. The van der Waals surface area contributed by atoms with E-state index in [1.54, 1.807) is 19.0 Å². The van der Waals surface area contributed by atoms with Crippen molar-refractivity contribution in [2.75, 3.05) is 41.9 Å². The number of hydrogen-bond acceptors (Lipinski definition) is 7. The van der Waals surface area contributed by atoms with E-state index >= 15 is 0 Å². The molecule has 2 heterocycles. The Hall–Kier alpha value is -1.15. The lowest BCUT2D eigenvalue weighted by molar-refractivity contribution is 0.564. The number of anilines is 2. The molecule has 0 aliphatic carbocycles. The molecule has 0 spiro atoms. The summed E-state index contributed by atoms with van der Waals surface area (Å²) in [4.78, 5) is 16.0. The van der Waals surface area contributed by atoms with E-state index in [9.17, 15) is 8.42 Å². The van der Waals surface area contributed by atoms with Crippen molar-refractivity contribution in [3.63, 3.8) is 0 Å². The Kier molecular flexibility index (Phi) is 3.82. The predicted molar refractivity (Wildman–Crippen MR) is 74.6 cm³/mol. The van der Waals surface area contributed by atoms with Crippen LogP contribution in [-0.4, -0.2) is 61.6 Å². The third-order valence-electron chi connectivity index (χ3n) is 2.91. The summed E-state index contributed by atoms with van der Waals surface area (Å²) in [5, 5.41) is 0.106. The van der Waals surface area contributed by atoms with Crippen molar-refractivity contribution in [2.24, 2.45) is 0 Å². The Morgan fingerprint density at radius 1 is 1.32 bits per heavy atom. The number of halogens is 1. The first-order chi connectivity index (χ1) is 8.78. The topological polar surface area (TPSA) is 79.3 Å². The van der Waals surface area contributed by atoms with Crippen molar-refractivity contribution in [3.8, 4) is 0 Å². The van der Waals surface area contributed by atoms with Gasteiger partial charge in [0.15, 0.2) is 9.84 Å². The van der Waals surface area contributed by atoms with Gasteiger partial charge < -0.3 is 9.80 Å². The molecule has 0 aromatic carbocycles. The molecule has 1 fully saturated rings. The van der Waals surface area contributed by atoms with E-state index in [1.165, 1.54) is 0 Å². The second-order valence-electron chi connectivity index (χ2n) is 4.76. The van der Waals surface area contributed by atoms with Crippen LogP contribution in [0.1, 0.15) is 6.92 Å². The minimum atomic E-state index is -2.97. The molecule has 7 nitrogen and oxygen atoms in total. The minimum Gasteiger partial charge on any atom is -0.347 e. The average molecular weight is 306 g/mol. The molecular weight excluding hydrogens is 290 g/mol. The highest BCUT2D eigenvalue weighted by molar-refractivity contribution is 7.91. The van der Waals surface area contributed by atoms with Crippen LogP contribution in [0.3, 0.4) is 0 Å². The summed E-state index contributed by atoms with van der Waals surface area (Å²) in [7, 11) is 0.644. The lowest BCUT2D eigenvalue weighted by Crippen LogP contribution is -2.47. The summed E-state index contributed by atoms with van der Waals surface area (Å²) in [5.74, 6) is 1.09. The van der Waals surface area contributed by atoms with Crippen LogP contribution in [0.4, 0.5) is 11.9 Å². The van der Waals surface area contributed by atoms with Crippen LogP contribution in [0.5, 0.6) is 0 Å². The summed E-state index contributed by atoms with van der Waals surface area (Å²) in [5.41, 5.74) is 0. The van der Waals surface area contributed by atoms with Crippen LogP contribution < -0.4 is 9.80 Å². The van der Waals surface area contributed by atoms with Gasteiger partial charge in [-0.05, 0) is 18.5 Å². The Balaban J connectivity index is 2.32. The Morgan fingerprint density at radius 2 is 2.00 bits per heavy atom. The fourth-order valence-electron chi connectivity index (χ4n) is 1.95. The van der Waals surface area contributed by atoms with Gasteiger partial charge >= 0.3 is 0 Å². The van der Waals surface area contributed by atoms with Crippen molar-refractivity contribution in [1.29, 1.82) is 0 Å². The first-order valence-corrected chi connectivity index (χ1v) is 8.04. The van der Waals surface area contributed by atoms with Gasteiger partial charge in [-0.25, -0.2) is 8.42 Å². The predicted octanol–water partition coefficient (Wildman–Crippen LogP) is 0.214. The fraction of sp³-hybridized carbons (Fsp3) is 0.700. The standard InChI is InChI=1S/C10H16ClN5O2S/c1-7-6-19(17,18)5-4-16(7)10-13-8(11)12-9(14-10)15(2)3/h7H,4-6H2,1-3H3. The van der Waals surface area contributed by atoms with Gasteiger partial charge in [0, 0.05) is 26.7 Å². The van der Waals surface area contributed by atoms with Gasteiger partial charge in [-0.2, -0.15) is 15.0 Å². The highest BCUT2D eigenvalue weighted by Gasteiger charge is 2.30. The van der Waals surface area contributed by atoms with E-state index in [1.807, 2.05) is 11.8 Å². The molecule has 1 aromatic rings. The second kappa shape index (κ2) is 5.09. The molecule has 0 bridgehead atoms. The smallest absolute Gasteiger partial charge is 0.231 e. The average Bonchev–Trinajstić information content (AvgIpc) is 2.26. The summed E-state index contributed by atoms with van der Waals surface area (Å²) < 4.78 is 23.1. The number of sulfone groups is 1. The summed E-state index contributed by atoms with van der Waals surface area (Å²) >= 11 is 5.88. The highest BCUT2D eigenvalue weighted by Crippen LogP contribution is 2.20. The van der Waals surface area contributed by atoms with E-state index in [2.05, 4.69) is 15.0 Å². The zero-order valence-corrected chi connectivity index (χ0v) is 12.6. The first-order valence-electron chi connectivity index (χ1n) is 5.84. The van der Waals surface area contributed by atoms with Crippen molar-refractivity contribution >= 4 is 33.3 Å². The van der Waals surface area contributed by atoms with E-state index in [-0.39, 0.29) is 22.8 Å². The summed E-state index contributed by atoms with van der Waals surface area (Å²) in [6.45, 7) is 2.21. The molecule has 0 amide bonds. The molecule has 0 radical (unpaired) electrons. The SMILES string of the molecule is CC1CS(=O)(=O)CCN1c1nc(Cl)nc(N(C)C)n1. The third kappa shape index (κ3) is 3.24. The van der Waals surface area contributed by atoms with E-state index < -0.39 is 9.84 Å². The molecule has 106 valence electrons. The van der Waals surface area contributed by atoms with Crippen LogP contribution in [0.25, 0.3) is 0 Å². The Bertz CT molecular complexity index is 577. The molecule has 9 heteroatoms.